The molecule has 0 aliphatic heterocycles. The smallest absolute Gasteiger partial charge is 0.248 e. The van der Waals surface area contributed by atoms with Crippen molar-refractivity contribution < 1.29 is 4.79 Å². The highest BCUT2D eigenvalue weighted by Crippen LogP contribution is 2.32. The monoisotopic (exact) mass is 238 g/mol. The van der Waals surface area contributed by atoms with Crippen LogP contribution in [0.2, 0.25) is 0 Å². The van der Waals surface area contributed by atoms with Gasteiger partial charge in [0.05, 0.1) is 0 Å². The van der Waals surface area contributed by atoms with E-state index in [1.165, 1.54) is 0 Å². The van der Waals surface area contributed by atoms with E-state index in [0.717, 1.165) is 4.90 Å². The molecule has 1 atom stereocenters. The van der Waals surface area contributed by atoms with E-state index in [2.05, 4.69) is 20.8 Å². The lowest BCUT2D eigenvalue weighted by atomic mass is 10.2. The number of rotatable bonds is 4. The van der Waals surface area contributed by atoms with Gasteiger partial charge >= 0.3 is 0 Å². The van der Waals surface area contributed by atoms with Crippen molar-refractivity contribution >= 4 is 23.4 Å². The predicted octanol–water partition coefficient (Wildman–Crippen LogP) is 2.50. The minimum Gasteiger partial charge on any atom is -0.398 e. The molecule has 0 aliphatic rings. The lowest BCUT2D eigenvalue weighted by Gasteiger charge is -2.16. The number of nitrogen functional groups attached to an aromatic ring is 1. The fourth-order valence-electron chi connectivity index (χ4n) is 1.13. The Bertz CT molecular complexity index is 391. The SMILES string of the molecule is CC(C)C(C)Sc1cc(C(N)=O)ccc1N. The molecule has 0 fully saturated rings. The number of nitrogens with two attached hydrogens (primary N) is 2. The van der Waals surface area contributed by atoms with Crippen LogP contribution in [0.1, 0.15) is 31.1 Å². The summed E-state index contributed by atoms with van der Waals surface area (Å²) < 4.78 is 0. The minimum atomic E-state index is -0.418. The van der Waals surface area contributed by atoms with Gasteiger partial charge in [-0.15, -0.1) is 11.8 Å². The topological polar surface area (TPSA) is 69.1 Å². The number of amides is 1. The molecule has 3 nitrogen and oxygen atoms in total. The zero-order valence-corrected chi connectivity index (χ0v) is 10.7. The second-order valence-electron chi connectivity index (χ2n) is 4.18. The summed E-state index contributed by atoms with van der Waals surface area (Å²) in [4.78, 5) is 12.0. The van der Waals surface area contributed by atoms with Crippen LogP contribution in [0, 0.1) is 5.92 Å². The number of thioether (sulfide) groups is 1. The summed E-state index contributed by atoms with van der Waals surface area (Å²) in [7, 11) is 0. The van der Waals surface area contributed by atoms with Crippen LogP contribution in [0.5, 0.6) is 0 Å². The first-order chi connectivity index (χ1) is 7.41. The highest BCUT2D eigenvalue weighted by molar-refractivity contribution is 8.00. The number of carbonyl (C=O) groups is 1. The molecule has 0 radical (unpaired) electrons. The van der Waals surface area contributed by atoms with Crippen LogP contribution in [-0.2, 0) is 0 Å². The van der Waals surface area contributed by atoms with Gasteiger partial charge in [-0.2, -0.15) is 0 Å². The molecule has 4 N–H and O–H groups in total. The van der Waals surface area contributed by atoms with E-state index in [1.54, 1.807) is 30.0 Å². The number of benzene rings is 1. The fourth-order valence-corrected chi connectivity index (χ4v) is 2.20. The standard InChI is InChI=1S/C12H18N2OS/c1-7(2)8(3)16-11-6-9(12(14)15)4-5-10(11)13/h4-8H,13H2,1-3H3,(H2,14,15). The average molecular weight is 238 g/mol. The van der Waals surface area contributed by atoms with Crippen molar-refractivity contribution in [2.24, 2.45) is 11.7 Å². The van der Waals surface area contributed by atoms with Crippen LogP contribution in [0.4, 0.5) is 5.69 Å². The molecular weight excluding hydrogens is 220 g/mol. The Morgan fingerprint density at radius 2 is 1.94 bits per heavy atom. The lowest BCUT2D eigenvalue weighted by Crippen LogP contribution is -2.12. The number of anilines is 1. The first kappa shape index (κ1) is 12.9. The van der Waals surface area contributed by atoms with Crippen molar-refractivity contribution in [3.63, 3.8) is 0 Å². The molecule has 16 heavy (non-hydrogen) atoms. The largest absolute Gasteiger partial charge is 0.398 e. The Morgan fingerprint density at radius 1 is 1.31 bits per heavy atom. The third-order valence-electron chi connectivity index (χ3n) is 2.55. The number of hydrogen-bond donors (Lipinski definition) is 2. The summed E-state index contributed by atoms with van der Waals surface area (Å²) in [5.41, 5.74) is 12.3. The Morgan fingerprint density at radius 3 is 2.44 bits per heavy atom. The summed E-state index contributed by atoms with van der Waals surface area (Å²) in [6, 6.07) is 5.15. The molecule has 0 bridgehead atoms. The van der Waals surface area contributed by atoms with Gasteiger partial charge in [-0.25, -0.2) is 0 Å². The summed E-state index contributed by atoms with van der Waals surface area (Å²) >= 11 is 1.68. The first-order valence-corrected chi connectivity index (χ1v) is 6.15. The molecule has 0 heterocycles. The van der Waals surface area contributed by atoms with Gasteiger partial charge in [0.2, 0.25) is 5.91 Å². The molecular formula is C12H18N2OS. The second-order valence-corrected chi connectivity index (χ2v) is 5.60. The van der Waals surface area contributed by atoms with E-state index in [9.17, 15) is 4.79 Å². The Kier molecular flexibility index (Phi) is 4.24. The van der Waals surface area contributed by atoms with Crippen molar-refractivity contribution in [3.05, 3.63) is 23.8 Å². The molecule has 88 valence electrons. The van der Waals surface area contributed by atoms with Gasteiger partial charge in [0, 0.05) is 21.4 Å². The Hall–Kier alpha value is -1.16. The van der Waals surface area contributed by atoms with Crippen molar-refractivity contribution in [2.75, 3.05) is 5.73 Å². The van der Waals surface area contributed by atoms with E-state index in [4.69, 9.17) is 11.5 Å². The Balaban J connectivity index is 2.94. The van der Waals surface area contributed by atoms with Gasteiger partial charge in [0.1, 0.15) is 0 Å². The van der Waals surface area contributed by atoms with Crippen LogP contribution in [0.3, 0.4) is 0 Å². The van der Waals surface area contributed by atoms with E-state index >= 15 is 0 Å². The summed E-state index contributed by atoms with van der Waals surface area (Å²) in [5.74, 6) is 0.140. The second kappa shape index (κ2) is 5.25. The fraction of sp³-hybridized carbons (Fsp3) is 0.417. The van der Waals surface area contributed by atoms with Gasteiger partial charge in [0.15, 0.2) is 0 Å². The van der Waals surface area contributed by atoms with Crippen molar-refractivity contribution in [1.29, 1.82) is 0 Å². The maximum Gasteiger partial charge on any atom is 0.248 e. The minimum absolute atomic E-state index is 0.418. The molecule has 1 amide bonds. The van der Waals surface area contributed by atoms with Crippen LogP contribution >= 0.6 is 11.8 Å². The third kappa shape index (κ3) is 3.17. The van der Waals surface area contributed by atoms with Gasteiger partial charge in [-0.3, -0.25) is 4.79 Å². The van der Waals surface area contributed by atoms with E-state index < -0.39 is 5.91 Å². The first-order valence-electron chi connectivity index (χ1n) is 5.27. The normalized spacial score (nSPS) is 12.8. The average Bonchev–Trinajstić information content (AvgIpc) is 2.20. The zero-order chi connectivity index (χ0) is 12.3. The maximum absolute atomic E-state index is 11.1. The van der Waals surface area contributed by atoms with Gasteiger partial charge < -0.3 is 11.5 Å². The third-order valence-corrected chi connectivity index (χ3v) is 4.07. The molecule has 0 saturated carbocycles. The highest BCUT2D eigenvalue weighted by atomic mass is 32.2. The van der Waals surface area contributed by atoms with Crippen molar-refractivity contribution in [3.8, 4) is 0 Å². The molecule has 0 aromatic heterocycles. The summed E-state index contributed by atoms with van der Waals surface area (Å²) in [5, 5.41) is 0.449. The quantitative estimate of drug-likeness (QED) is 0.625. The molecule has 1 rings (SSSR count). The number of carbonyl (C=O) groups excluding carboxylic acids is 1. The molecule has 1 aromatic rings. The Labute approximate surface area is 101 Å². The van der Waals surface area contributed by atoms with E-state index in [0.29, 0.717) is 22.4 Å². The van der Waals surface area contributed by atoms with Gasteiger partial charge in [0.25, 0.3) is 0 Å². The molecule has 0 spiro atoms. The zero-order valence-electron chi connectivity index (χ0n) is 9.86. The van der Waals surface area contributed by atoms with Gasteiger partial charge in [-0.05, 0) is 24.1 Å². The summed E-state index contributed by atoms with van der Waals surface area (Å²) in [6.45, 7) is 6.46. The molecule has 0 aliphatic carbocycles. The maximum atomic E-state index is 11.1. The predicted molar refractivity (Wildman–Crippen MR) is 69.5 cm³/mol. The number of primary amides is 1. The van der Waals surface area contributed by atoms with E-state index in [-0.39, 0.29) is 0 Å². The highest BCUT2D eigenvalue weighted by Gasteiger charge is 2.12. The van der Waals surface area contributed by atoms with Crippen LogP contribution in [0.25, 0.3) is 0 Å². The van der Waals surface area contributed by atoms with E-state index in [1.807, 2.05) is 0 Å². The van der Waals surface area contributed by atoms with Crippen LogP contribution in [-0.4, -0.2) is 11.2 Å². The molecule has 1 aromatic carbocycles. The summed E-state index contributed by atoms with van der Waals surface area (Å²) in [6.07, 6.45) is 0. The molecule has 1 unspecified atom stereocenters. The van der Waals surface area contributed by atoms with Crippen LogP contribution in [0.15, 0.2) is 23.1 Å². The lowest BCUT2D eigenvalue weighted by molar-refractivity contribution is 0.1000. The van der Waals surface area contributed by atoms with Crippen LogP contribution < -0.4 is 11.5 Å². The van der Waals surface area contributed by atoms with Crippen molar-refractivity contribution in [2.45, 2.75) is 30.9 Å². The van der Waals surface area contributed by atoms with Crippen molar-refractivity contribution in [1.82, 2.24) is 0 Å². The number of hydrogen-bond acceptors (Lipinski definition) is 3. The molecule has 0 saturated heterocycles. The molecule has 4 heteroatoms. The van der Waals surface area contributed by atoms with Gasteiger partial charge in [-0.1, -0.05) is 20.8 Å².